The van der Waals surface area contributed by atoms with E-state index >= 15 is 0 Å². The number of hydrogen-bond donors (Lipinski definition) is 1. The summed E-state index contributed by atoms with van der Waals surface area (Å²) in [6.07, 6.45) is 2.64. The van der Waals surface area contributed by atoms with E-state index in [0.29, 0.717) is 0 Å². The summed E-state index contributed by atoms with van der Waals surface area (Å²) in [6.45, 7) is 3.08. The zero-order valence-corrected chi connectivity index (χ0v) is 11.4. The van der Waals surface area contributed by atoms with E-state index in [1.54, 1.807) is 22.8 Å². The highest BCUT2D eigenvalue weighted by Gasteiger charge is 2.09. The van der Waals surface area contributed by atoms with Gasteiger partial charge in [-0.2, -0.15) is 5.10 Å². The second-order valence-corrected chi connectivity index (χ2v) is 5.13. The van der Waals surface area contributed by atoms with E-state index < -0.39 is 0 Å². The second kappa shape index (κ2) is 5.97. The van der Waals surface area contributed by atoms with Gasteiger partial charge in [0.2, 0.25) is 0 Å². The maximum Gasteiger partial charge on any atom is 0.186 e. The number of aromatic nitrogens is 5. The van der Waals surface area contributed by atoms with Gasteiger partial charge in [-0.1, -0.05) is 23.2 Å². The molecular weight excluding hydrogens is 256 g/mol. The van der Waals surface area contributed by atoms with Crippen LogP contribution in [0.2, 0.25) is 0 Å². The molecule has 6 nitrogen and oxygen atoms in total. The van der Waals surface area contributed by atoms with Crippen LogP contribution in [-0.4, -0.2) is 30.9 Å². The van der Waals surface area contributed by atoms with Crippen molar-refractivity contribution >= 4 is 28.3 Å². The van der Waals surface area contributed by atoms with E-state index in [0.717, 1.165) is 34.6 Å². The zero-order chi connectivity index (χ0) is 12.1. The summed E-state index contributed by atoms with van der Waals surface area (Å²) >= 11 is 3.02. The van der Waals surface area contributed by atoms with E-state index in [4.69, 9.17) is 0 Å². The Hall–Kier alpha value is -1.15. The van der Waals surface area contributed by atoms with Crippen molar-refractivity contribution in [3.05, 3.63) is 12.0 Å². The Morgan fingerprint density at radius 3 is 3.12 bits per heavy atom. The molecule has 8 heteroatoms. The Kier molecular flexibility index (Phi) is 4.32. The average molecular weight is 270 g/mol. The van der Waals surface area contributed by atoms with Gasteiger partial charge in [-0.05, 0) is 6.42 Å². The molecule has 0 saturated carbocycles. The normalized spacial score (nSPS) is 10.7. The maximum atomic E-state index is 4.16. The van der Waals surface area contributed by atoms with Gasteiger partial charge in [-0.25, -0.2) is 9.67 Å². The molecular formula is C9H14N6S2. The molecule has 0 spiro atoms. The lowest BCUT2D eigenvalue weighted by molar-refractivity contribution is 0.685. The molecule has 17 heavy (non-hydrogen) atoms. The highest BCUT2D eigenvalue weighted by Crippen LogP contribution is 2.25. The lowest BCUT2D eigenvalue weighted by Crippen LogP contribution is -2.00. The van der Waals surface area contributed by atoms with E-state index in [-0.39, 0.29) is 0 Å². The number of anilines is 1. The summed E-state index contributed by atoms with van der Waals surface area (Å²) in [5.41, 5.74) is 0.983. The molecule has 0 bridgehead atoms. The van der Waals surface area contributed by atoms with Gasteiger partial charge in [-0.3, -0.25) is 0 Å². The van der Waals surface area contributed by atoms with Crippen LogP contribution in [0.5, 0.6) is 0 Å². The average Bonchev–Trinajstić information content (AvgIpc) is 2.93. The van der Waals surface area contributed by atoms with Crippen LogP contribution >= 0.6 is 23.3 Å². The van der Waals surface area contributed by atoms with Crippen LogP contribution in [0.15, 0.2) is 11.5 Å². The molecule has 0 radical (unpaired) electrons. The maximum absolute atomic E-state index is 4.16. The largest absolute Gasteiger partial charge is 0.374 e. The summed E-state index contributed by atoms with van der Waals surface area (Å²) in [6, 6.07) is 0. The van der Waals surface area contributed by atoms with Gasteiger partial charge in [0.15, 0.2) is 5.16 Å². The number of thioether (sulfide) groups is 1. The summed E-state index contributed by atoms with van der Waals surface area (Å²) in [5.74, 6) is 0.759. The number of hydrogen-bond acceptors (Lipinski definition) is 7. The Labute approximate surface area is 108 Å². The first-order valence-electron chi connectivity index (χ1n) is 5.33. The van der Waals surface area contributed by atoms with E-state index in [2.05, 4.69) is 31.9 Å². The predicted octanol–water partition coefficient (Wildman–Crippen LogP) is 1.78. The van der Waals surface area contributed by atoms with Crippen molar-refractivity contribution in [1.29, 1.82) is 0 Å². The minimum absolute atomic E-state index is 0.759. The van der Waals surface area contributed by atoms with Crippen LogP contribution in [0.25, 0.3) is 0 Å². The molecule has 0 unspecified atom stereocenters. The van der Waals surface area contributed by atoms with Crippen LogP contribution in [0.4, 0.5) is 5.00 Å². The third-order valence-corrected chi connectivity index (χ3v) is 3.87. The van der Waals surface area contributed by atoms with Gasteiger partial charge in [0, 0.05) is 30.9 Å². The molecule has 0 aliphatic carbocycles. The smallest absolute Gasteiger partial charge is 0.186 e. The predicted molar refractivity (Wildman–Crippen MR) is 69.3 cm³/mol. The fourth-order valence-corrected chi connectivity index (χ4v) is 2.75. The topological polar surface area (TPSA) is 68.5 Å². The minimum atomic E-state index is 0.759. The summed E-state index contributed by atoms with van der Waals surface area (Å²) in [7, 11) is 1.88. The molecule has 0 aromatic carbocycles. The Balaban J connectivity index is 1.95. The van der Waals surface area contributed by atoms with Gasteiger partial charge in [0.05, 0.1) is 0 Å². The van der Waals surface area contributed by atoms with Gasteiger partial charge in [0.1, 0.15) is 17.0 Å². The number of nitrogens with one attached hydrogen (secondary N) is 1. The zero-order valence-electron chi connectivity index (χ0n) is 9.75. The van der Waals surface area contributed by atoms with Crippen LogP contribution in [0.1, 0.15) is 19.0 Å². The van der Waals surface area contributed by atoms with Crippen molar-refractivity contribution in [1.82, 2.24) is 24.4 Å². The van der Waals surface area contributed by atoms with Crippen LogP contribution in [-0.2, 0) is 12.8 Å². The minimum Gasteiger partial charge on any atom is -0.374 e. The molecule has 2 aromatic heterocycles. The van der Waals surface area contributed by atoms with Crippen LogP contribution < -0.4 is 5.32 Å². The molecule has 0 amide bonds. The molecule has 0 aliphatic heterocycles. The first-order chi connectivity index (χ1) is 8.31. The molecule has 0 saturated heterocycles. The SMILES string of the molecule is CCCNc1snnc1CSc1ncnn1C. The van der Waals surface area contributed by atoms with E-state index in [9.17, 15) is 0 Å². The van der Waals surface area contributed by atoms with Gasteiger partial charge in [0.25, 0.3) is 0 Å². The summed E-state index contributed by atoms with van der Waals surface area (Å²) < 4.78 is 5.72. The fraction of sp³-hybridized carbons (Fsp3) is 0.556. The number of aryl methyl sites for hydroxylation is 1. The second-order valence-electron chi connectivity index (χ2n) is 3.43. The standard InChI is InChI=1S/C9H14N6S2/c1-3-4-10-8-7(13-14-17-8)5-16-9-11-6-12-15(9)2/h6,10H,3-5H2,1-2H3. The molecule has 92 valence electrons. The van der Waals surface area contributed by atoms with Crippen LogP contribution in [0, 0.1) is 0 Å². The molecule has 0 aliphatic rings. The molecule has 2 rings (SSSR count). The Morgan fingerprint density at radius 1 is 1.53 bits per heavy atom. The summed E-state index contributed by atoms with van der Waals surface area (Å²) in [5, 5.41) is 13.4. The highest BCUT2D eigenvalue weighted by molar-refractivity contribution is 7.98. The van der Waals surface area contributed by atoms with E-state index in [1.165, 1.54) is 11.5 Å². The third-order valence-electron chi connectivity index (χ3n) is 2.10. The molecule has 2 aromatic rings. The van der Waals surface area contributed by atoms with Crippen molar-refractivity contribution in [2.45, 2.75) is 24.3 Å². The third kappa shape index (κ3) is 3.16. The molecule has 0 fully saturated rings. The van der Waals surface area contributed by atoms with Gasteiger partial charge >= 0.3 is 0 Å². The van der Waals surface area contributed by atoms with Crippen LogP contribution in [0.3, 0.4) is 0 Å². The van der Waals surface area contributed by atoms with Crippen molar-refractivity contribution < 1.29 is 0 Å². The quantitative estimate of drug-likeness (QED) is 0.807. The first kappa shape index (κ1) is 12.3. The lowest BCUT2D eigenvalue weighted by Gasteiger charge is -2.02. The summed E-state index contributed by atoms with van der Waals surface area (Å²) in [4.78, 5) is 4.16. The van der Waals surface area contributed by atoms with Crippen molar-refractivity contribution in [2.75, 3.05) is 11.9 Å². The first-order valence-corrected chi connectivity index (χ1v) is 7.09. The molecule has 0 atom stereocenters. The number of nitrogens with zero attached hydrogens (tertiary/aromatic N) is 5. The molecule has 1 N–H and O–H groups in total. The monoisotopic (exact) mass is 270 g/mol. The fourth-order valence-electron chi connectivity index (χ4n) is 1.23. The Morgan fingerprint density at radius 2 is 2.41 bits per heavy atom. The molecule has 2 heterocycles. The van der Waals surface area contributed by atoms with Gasteiger partial charge in [-0.15, -0.1) is 5.10 Å². The Bertz CT molecular complexity index is 466. The lowest BCUT2D eigenvalue weighted by atomic mass is 10.4. The van der Waals surface area contributed by atoms with Crippen molar-refractivity contribution in [3.63, 3.8) is 0 Å². The highest BCUT2D eigenvalue weighted by atomic mass is 32.2. The number of rotatable bonds is 6. The van der Waals surface area contributed by atoms with Crippen molar-refractivity contribution in [2.24, 2.45) is 7.05 Å². The van der Waals surface area contributed by atoms with Gasteiger partial charge < -0.3 is 5.32 Å². The van der Waals surface area contributed by atoms with Crippen molar-refractivity contribution in [3.8, 4) is 0 Å². The van der Waals surface area contributed by atoms with E-state index in [1.807, 2.05) is 7.05 Å².